The summed E-state index contributed by atoms with van der Waals surface area (Å²) in [4.78, 5) is 12.1. The van der Waals surface area contributed by atoms with E-state index in [1.54, 1.807) is 24.3 Å². The van der Waals surface area contributed by atoms with Crippen molar-refractivity contribution in [2.45, 2.75) is 18.2 Å². The van der Waals surface area contributed by atoms with Crippen molar-refractivity contribution in [1.29, 1.82) is 0 Å². The van der Waals surface area contributed by atoms with Gasteiger partial charge in [-0.3, -0.25) is 4.79 Å². The van der Waals surface area contributed by atoms with E-state index in [2.05, 4.69) is 10.0 Å². The highest BCUT2D eigenvalue weighted by atomic mass is 35.5. The molecule has 0 heterocycles. The molecule has 2 N–H and O–H groups in total. The van der Waals surface area contributed by atoms with Gasteiger partial charge in [-0.15, -0.1) is 0 Å². The van der Waals surface area contributed by atoms with E-state index in [0.717, 1.165) is 12.0 Å². The van der Waals surface area contributed by atoms with Crippen LogP contribution >= 0.6 is 11.6 Å². The third kappa shape index (κ3) is 5.19. The summed E-state index contributed by atoms with van der Waals surface area (Å²) < 4.78 is 31.9. The Bertz CT molecular complexity index is 851. The summed E-state index contributed by atoms with van der Waals surface area (Å²) in [6.45, 7) is 1.57. The Kier molecular flexibility index (Phi) is 6.41. The Morgan fingerprint density at radius 1 is 1.16 bits per heavy atom. The Morgan fingerprint density at radius 3 is 2.44 bits per heavy atom. The molecule has 0 bridgehead atoms. The third-order valence-corrected chi connectivity index (χ3v) is 5.15. The molecule has 2 aromatic rings. The fourth-order valence-electron chi connectivity index (χ4n) is 2.12. The van der Waals surface area contributed by atoms with Crippen molar-refractivity contribution in [2.24, 2.45) is 0 Å². The molecule has 0 aromatic heterocycles. The van der Waals surface area contributed by atoms with Gasteiger partial charge in [0.25, 0.3) is 0 Å². The summed E-state index contributed by atoms with van der Waals surface area (Å²) in [5.41, 5.74) is 1.40. The highest BCUT2D eigenvalue weighted by molar-refractivity contribution is 7.89. The Labute approximate surface area is 152 Å². The summed E-state index contributed by atoms with van der Waals surface area (Å²) in [5.74, 6) is -0.106. The molecule has 25 heavy (non-hydrogen) atoms. The van der Waals surface area contributed by atoms with Gasteiger partial charge in [-0.05, 0) is 42.3 Å². The highest BCUT2D eigenvalue weighted by Crippen LogP contribution is 2.27. The summed E-state index contributed by atoms with van der Waals surface area (Å²) in [6, 6.07) is 11.3. The van der Waals surface area contributed by atoms with Crippen LogP contribution in [0.1, 0.15) is 12.5 Å². The van der Waals surface area contributed by atoms with Crippen LogP contribution in [0.4, 0.5) is 5.69 Å². The van der Waals surface area contributed by atoms with Gasteiger partial charge >= 0.3 is 0 Å². The third-order valence-electron chi connectivity index (χ3n) is 3.50. The summed E-state index contributed by atoms with van der Waals surface area (Å²) >= 11 is 5.89. The second-order valence-electron chi connectivity index (χ2n) is 5.21. The van der Waals surface area contributed by atoms with Gasteiger partial charge < -0.3 is 10.1 Å². The van der Waals surface area contributed by atoms with E-state index in [9.17, 15) is 13.2 Å². The van der Waals surface area contributed by atoms with Gasteiger partial charge in [-0.2, -0.15) is 0 Å². The number of sulfonamides is 1. The fourth-order valence-corrected chi connectivity index (χ4v) is 3.27. The maximum absolute atomic E-state index is 12.2. The molecule has 0 aliphatic carbocycles. The number of nitrogens with one attached hydrogen (secondary N) is 2. The van der Waals surface area contributed by atoms with Crippen LogP contribution in [0.5, 0.6) is 5.75 Å². The van der Waals surface area contributed by atoms with Crippen molar-refractivity contribution in [1.82, 2.24) is 4.72 Å². The Morgan fingerprint density at radius 2 is 1.84 bits per heavy atom. The first kappa shape index (κ1) is 19.2. The zero-order valence-corrected chi connectivity index (χ0v) is 15.4. The molecule has 0 radical (unpaired) electrons. The van der Waals surface area contributed by atoms with Crippen molar-refractivity contribution in [3.63, 3.8) is 0 Å². The minimum Gasteiger partial charge on any atom is -0.495 e. The molecular formula is C17H19ClN2O4S. The molecule has 0 saturated carbocycles. The smallest absolute Gasteiger partial charge is 0.241 e. The number of amides is 1. The van der Waals surface area contributed by atoms with Crippen molar-refractivity contribution in [3.8, 4) is 5.75 Å². The first-order valence-corrected chi connectivity index (χ1v) is 9.44. The lowest BCUT2D eigenvalue weighted by atomic mass is 10.2. The van der Waals surface area contributed by atoms with Crippen LogP contribution in [0.25, 0.3) is 0 Å². The van der Waals surface area contributed by atoms with E-state index >= 15 is 0 Å². The number of anilines is 1. The lowest BCUT2D eigenvalue weighted by Gasteiger charge is -2.11. The average Bonchev–Trinajstić information content (AvgIpc) is 2.60. The maximum atomic E-state index is 12.2. The fraction of sp³-hybridized carbons (Fsp3) is 0.235. The minimum absolute atomic E-state index is 0.109. The van der Waals surface area contributed by atoms with Gasteiger partial charge in [-0.1, -0.05) is 30.7 Å². The van der Waals surface area contributed by atoms with Gasteiger partial charge in [0.1, 0.15) is 5.75 Å². The van der Waals surface area contributed by atoms with Gasteiger partial charge in [0.2, 0.25) is 15.9 Å². The first-order chi connectivity index (χ1) is 11.9. The molecule has 2 aromatic carbocycles. The Balaban J connectivity index is 2.02. The highest BCUT2D eigenvalue weighted by Gasteiger charge is 2.16. The van der Waals surface area contributed by atoms with Crippen LogP contribution in [0.3, 0.4) is 0 Å². The summed E-state index contributed by atoms with van der Waals surface area (Å²) in [6.07, 6.45) is 0.817. The molecule has 0 atom stereocenters. The molecule has 0 fully saturated rings. The normalized spacial score (nSPS) is 11.2. The number of hydrogen-bond acceptors (Lipinski definition) is 4. The van der Waals surface area contributed by atoms with Crippen LogP contribution in [-0.2, 0) is 21.2 Å². The number of rotatable bonds is 7. The first-order valence-electron chi connectivity index (χ1n) is 7.57. The van der Waals surface area contributed by atoms with E-state index in [0.29, 0.717) is 16.5 Å². The second kappa shape index (κ2) is 8.33. The van der Waals surface area contributed by atoms with Crippen LogP contribution in [0, 0.1) is 0 Å². The molecule has 1 amide bonds. The molecule has 0 aliphatic rings. The number of carbonyl (C=O) groups is 1. The van der Waals surface area contributed by atoms with E-state index in [1.807, 2.05) is 6.92 Å². The molecule has 0 spiro atoms. The van der Waals surface area contributed by atoms with E-state index in [1.165, 1.54) is 25.3 Å². The molecule has 0 saturated heterocycles. The van der Waals surface area contributed by atoms with Crippen molar-refractivity contribution < 1.29 is 17.9 Å². The molecule has 6 nitrogen and oxygen atoms in total. The van der Waals surface area contributed by atoms with E-state index in [4.69, 9.17) is 16.3 Å². The minimum atomic E-state index is -3.76. The molecular weight excluding hydrogens is 364 g/mol. The SMILES string of the molecule is CCc1ccc(S(=O)(=O)NCC(=O)Nc2cc(Cl)ccc2OC)cc1. The predicted molar refractivity (Wildman–Crippen MR) is 97.6 cm³/mol. The molecule has 2 rings (SSSR count). The van der Waals surface area contributed by atoms with E-state index < -0.39 is 22.5 Å². The van der Waals surface area contributed by atoms with Gasteiger partial charge in [0.15, 0.2) is 0 Å². The molecule has 8 heteroatoms. The van der Waals surface area contributed by atoms with Crippen LogP contribution in [0.15, 0.2) is 47.4 Å². The molecule has 0 unspecified atom stereocenters. The monoisotopic (exact) mass is 382 g/mol. The van der Waals surface area contributed by atoms with Gasteiger partial charge in [0.05, 0.1) is 24.2 Å². The zero-order chi connectivity index (χ0) is 18.4. The number of hydrogen-bond donors (Lipinski definition) is 2. The van der Waals surface area contributed by atoms with Crippen LogP contribution in [-0.4, -0.2) is 28.0 Å². The number of aryl methyl sites for hydroxylation is 1. The van der Waals surface area contributed by atoms with Crippen molar-refractivity contribution in [2.75, 3.05) is 19.0 Å². The topological polar surface area (TPSA) is 84.5 Å². The quantitative estimate of drug-likeness (QED) is 0.771. The lowest BCUT2D eigenvalue weighted by molar-refractivity contribution is -0.115. The van der Waals surface area contributed by atoms with Crippen molar-refractivity contribution in [3.05, 3.63) is 53.1 Å². The predicted octanol–water partition coefficient (Wildman–Crippen LogP) is 2.83. The van der Waals surface area contributed by atoms with E-state index in [-0.39, 0.29) is 4.90 Å². The number of methoxy groups -OCH3 is 1. The maximum Gasteiger partial charge on any atom is 0.241 e. The standard InChI is InChI=1S/C17H19ClN2O4S/c1-3-12-4-7-14(8-5-12)25(22,23)19-11-17(21)20-15-10-13(18)6-9-16(15)24-2/h4-10,19H,3,11H2,1-2H3,(H,20,21). The summed E-state index contributed by atoms with van der Waals surface area (Å²) in [5, 5.41) is 2.99. The number of ether oxygens (including phenoxy) is 1. The zero-order valence-electron chi connectivity index (χ0n) is 13.9. The van der Waals surface area contributed by atoms with Crippen molar-refractivity contribution >= 4 is 33.2 Å². The number of benzene rings is 2. The van der Waals surface area contributed by atoms with Gasteiger partial charge in [0, 0.05) is 5.02 Å². The average molecular weight is 383 g/mol. The Hall–Kier alpha value is -2.09. The van der Waals surface area contributed by atoms with Gasteiger partial charge in [-0.25, -0.2) is 13.1 Å². The van der Waals surface area contributed by atoms with Crippen LogP contribution in [0.2, 0.25) is 5.02 Å². The number of carbonyl (C=O) groups excluding carboxylic acids is 1. The largest absolute Gasteiger partial charge is 0.495 e. The molecule has 134 valence electrons. The number of halogens is 1. The molecule has 0 aliphatic heterocycles. The second-order valence-corrected chi connectivity index (χ2v) is 7.42. The summed E-state index contributed by atoms with van der Waals surface area (Å²) in [7, 11) is -2.30. The van der Waals surface area contributed by atoms with Crippen LogP contribution < -0.4 is 14.8 Å². The lowest BCUT2D eigenvalue weighted by Crippen LogP contribution is -2.33.